The van der Waals surface area contributed by atoms with Crippen LogP contribution in [-0.2, 0) is 33.2 Å². The predicted octanol–water partition coefficient (Wildman–Crippen LogP) is 2.48. The van der Waals surface area contributed by atoms with Crippen LogP contribution in [-0.4, -0.2) is 135 Å². The Morgan fingerprint density at radius 3 is 2.43 bits per heavy atom. The van der Waals surface area contributed by atoms with Crippen molar-refractivity contribution in [2.45, 2.75) is 116 Å². The number of nitrogens with zero attached hydrogens (tertiary/aromatic N) is 6. The number of morpholine rings is 1. The van der Waals surface area contributed by atoms with E-state index in [0.717, 1.165) is 45.8 Å². The predicted molar refractivity (Wildman–Crippen MR) is 179 cm³/mol. The SMILES string of the molecule is CC(C)(C)OC(=O)NC(CCN(CCCN1CCOCC1)C[C@H]1O[C@@H](n2cnc3c(N)ncnc32)[C@@H]2OC(C)(C)O[C@@H]21)C(=O)OC(C)(C)C. The first-order valence-corrected chi connectivity index (χ1v) is 17.2. The standard InChI is InChI=1S/C33H54N8O8/c1-31(2,3)48-29(42)21(38-30(43)49-32(4,5)6)10-13-40(12-9-11-39-14-16-44-17-15-39)18-22-24-25(47-33(7,8)46-24)28(45-22)41-20-37-23-26(34)35-19-36-27(23)41/h19-22,24-25,28H,9-18H2,1-8H3,(H,38,43)(H2,34,35,36)/t21?,22-,24-,25-,28-/m1/s1. The molecule has 2 aromatic rings. The van der Waals surface area contributed by atoms with E-state index in [-0.39, 0.29) is 11.9 Å². The number of ether oxygens (including phenoxy) is 6. The van der Waals surface area contributed by atoms with Gasteiger partial charge < -0.3 is 44.4 Å². The summed E-state index contributed by atoms with van der Waals surface area (Å²) < 4.78 is 38.1. The molecule has 16 nitrogen and oxygen atoms in total. The number of amides is 1. The van der Waals surface area contributed by atoms with Crippen LogP contribution in [0.3, 0.4) is 0 Å². The van der Waals surface area contributed by atoms with Crippen molar-refractivity contribution < 1.29 is 38.0 Å². The normalized spacial score (nSPS) is 25.0. The van der Waals surface area contributed by atoms with Crippen LogP contribution in [0.25, 0.3) is 11.2 Å². The molecule has 3 aliphatic heterocycles. The molecule has 3 fully saturated rings. The summed E-state index contributed by atoms with van der Waals surface area (Å²) >= 11 is 0. The van der Waals surface area contributed by atoms with E-state index in [1.165, 1.54) is 6.33 Å². The highest BCUT2D eigenvalue weighted by molar-refractivity contribution is 5.82. The molecule has 3 aliphatic rings. The third-order valence-electron chi connectivity index (χ3n) is 8.39. The van der Waals surface area contributed by atoms with Gasteiger partial charge in [0, 0.05) is 26.2 Å². The first kappa shape index (κ1) is 37.1. The quantitative estimate of drug-likeness (QED) is 0.311. The number of nitrogens with one attached hydrogen (secondary N) is 1. The number of carbonyl (C=O) groups excluding carboxylic acids is 2. The molecule has 0 radical (unpaired) electrons. The maximum absolute atomic E-state index is 13.3. The summed E-state index contributed by atoms with van der Waals surface area (Å²) in [6, 6.07) is -0.923. The topological polar surface area (TPSA) is 178 Å². The summed E-state index contributed by atoms with van der Waals surface area (Å²) in [6.45, 7) is 20.3. The fourth-order valence-corrected chi connectivity index (χ4v) is 6.36. The van der Waals surface area contributed by atoms with Gasteiger partial charge in [-0.25, -0.2) is 24.5 Å². The molecule has 0 aliphatic carbocycles. The van der Waals surface area contributed by atoms with E-state index in [1.807, 2.05) is 18.4 Å². The monoisotopic (exact) mass is 690 g/mol. The van der Waals surface area contributed by atoms with Gasteiger partial charge in [0.2, 0.25) is 0 Å². The molecule has 0 spiro atoms. The van der Waals surface area contributed by atoms with Crippen molar-refractivity contribution in [3.8, 4) is 0 Å². The van der Waals surface area contributed by atoms with Crippen molar-refractivity contribution in [2.24, 2.45) is 0 Å². The number of aromatic nitrogens is 4. The van der Waals surface area contributed by atoms with E-state index in [2.05, 4.69) is 30.1 Å². The number of esters is 1. The number of alkyl carbamates (subject to hydrolysis) is 1. The summed E-state index contributed by atoms with van der Waals surface area (Å²) in [5, 5.41) is 2.75. The summed E-state index contributed by atoms with van der Waals surface area (Å²) in [7, 11) is 0. The van der Waals surface area contributed by atoms with Crippen LogP contribution in [0.1, 0.15) is 74.5 Å². The van der Waals surface area contributed by atoms with Crippen molar-refractivity contribution in [3.63, 3.8) is 0 Å². The van der Waals surface area contributed by atoms with Crippen molar-refractivity contribution >= 4 is 29.0 Å². The van der Waals surface area contributed by atoms with Gasteiger partial charge in [0.25, 0.3) is 0 Å². The molecule has 3 saturated heterocycles. The number of nitrogen functional groups attached to an aromatic ring is 1. The summed E-state index contributed by atoms with van der Waals surface area (Å²) in [6.07, 6.45) is 1.74. The number of carbonyl (C=O) groups is 2. The van der Waals surface area contributed by atoms with Gasteiger partial charge in [-0.15, -0.1) is 0 Å². The average molecular weight is 691 g/mol. The Balaban J connectivity index is 1.35. The zero-order valence-corrected chi connectivity index (χ0v) is 30.1. The molecule has 274 valence electrons. The van der Waals surface area contributed by atoms with Gasteiger partial charge in [-0.2, -0.15) is 0 Å². The molecular weight excluding hydrogens is 636 g/mol. The minimum absolute atomic E-state index is 0.282. The van der Waals surface area contributed by atoms with Gasteiger partial charge in [0.05, 0.1) is 19.5 Å². The highest BCUT2D eigenvalue weighted by atomic mass is 16.8. The van der Waals surface area contributed by atoms with Crippen LogP contribution in [0.2, 0.25) is 0 Å². The fourth-order valence-electron chi connectivity index (χ4n) is 6.36. The van der Waals surface area contributed by atoms with Crippen molar-refractivity contribution in [2.75, 3.05) is 58.2 Å². The third kappa shape index (κ3) is 9.98. The molecular formula is C33H54N8O8. The molecule has 0 bridgehead atoms. The Labute approximate surface area is 288 Å². The minimum Gasteiger partial charge on any atom is -0.458 e. The van der Waals surface area contributed by atoms with E-state index < -0.39 is 53.5 Å². The Morgan fingerprint density at radius 2 is 1.73 bits per heavy atom. The molecule has 2 aromatic heterocycles. The summed E-state index contributed by atoms with van der Waals surface area (Å²) in [5.74, 6) is -1.07. The Morgan fingerprint density at radius 1 is 1.04 bits per heavy atom. The maximum atomic E-state index is 13.3. The van der Waals surface area contributed by atoms with E-state index in [4.69, 9.17) is 34.2 Å². The van der Waals surface area contributed by atoms with Crippen LogP contribution >= 0.6 is 0 Å². The zero-order chi connectivity index (χ0) is 35.6. The van der Waals surface area contributed by atoms with Crippen LogP contribution in [0.4, 0.5) is 10.6 Å². The first-order chi connectivity index (χ1) is 23.0. The molecule has 5 atom stereocenters. The molecule has 1 amide bonds. The Kier molecular flexibility index (Phi) is 11.4. The lowest BCUT2D eigenvalue weighted by atomic mass is 10.1. The molecule has 3 N–H and O–H groups in total. The van der Waals surface area contributed by atoms with Crippen LogP contribution in [0.15, 0.2) is 12.7 Å². The number of anilines is 1. The maximum Gasteiger partial charge on any atom is 0.408 e. The van der Waals surface area contributed by atoms with E-state index >= 15 is 0 Å². The fraction of sp³-hybridized carbons (Fsp3) is 0.788. The number of hydrogen-bond donors (Lipinski definition) is 2. The second kappa shape index (κ2) is 15.0. The van der Waals surface area contributed by atoms with Crippen LogP contribution in [0.5, 0.6) is 0 Å². The third-order valence-corrected chi connectivity index (χ3v) is 8.39. The zero-order valence-electron chi connectivity index (χ0n) is 30.1. The lowest BCUT2D eigenvalue weighted by Crippen LogP contribution is -2.48. The molecule has 0 aromatic carbocycles. The molecule has 5 heterocycles. The van der Waals surface area contributed by atoms with Gasteiger partial charge in [-0.3, -0.25) is 9.47 Å². The molecule has 0 saturated carbocycles. The number of fused-ring (bicyclic) bond motifs is 2. The Bertz CT molecular complexity index is 1430. The molecule has 49 heavy (non-hydrogen) atoms. The number of rotatable bonds is 12. The van der Waals surface area contributed by atoms with Crippen LogP contribution < -0.4 is 11.1 Å². The minimum atomic E-state index is -0.923. The summed E-state index contributed by atoms with van der Waals surface area (Å²) in [4.78, 5) is 43.7. The van der Waals surface area contributed by atoms with Gasteiger partial charge in [0.1, 0.15) is 47.4 Å². The van der Waals surface area contributed by atoms with Crippen molar-refractivity contribution in [1.82, 2.24) is 34.6 Å². The molecule has 5 rings (SSSR count). The summed E-state index contributed by atoms with van der Waals surface area (Å²) in [5.41, 5.74) is 5.65. The lowest BCUT2D eigenvalue weighted by molar-refractivity contribution is -0.198. The molecule has 1 unspecified atom stereocenters. The van der Waals surface area contributed by atoms with Gasteiger partial charge in [-0.1, -0.05) is 0 Å². The lowest BCUT2D eigenvalue weighted by Gasteiger charge is -2.32. The van der Waals surface area contributed by atoms with Crippen molar-refractivity contribution in [1.29, 1.82) is 0 Å². The second-order valence-corrected chi connectivity index (χ2v) is 15.3. The Hall–Kier alpha value is -3.15. The highest BCUT2D eigenvalue weighted by Gasteiger charge is 2.56. The van der Waals surface area contributed by atoms with E-state index in [0.29, 0.717) is 30.7 Å². The number of imidazole rings is 1. The average Bonchev–Trinajstić information content (AvgIpc) is 3.65. The van der Waals surface area contributed by atoms with Gasteiger partial charge in [0.15, 0.2) is 23.5 Å². The van der Waals surface area contributed by atoms with Gasteiger partial charge in [-0.05, 0) is 81.3 Å². The van der Waals surface area contributed by atoms with Crippen molar-refractivity contribution in [3.05, 3.63) is 12.7 Å². The number of nitrogens with two attached hydrogens (primary N) is 1. The van der Waals surface area contributed by atoms with Crippen LogP contribution in [0, 0.1) is 0 Å². The second-order valence-electron chi connectivity index (χ2n) is 15.3. The largest absolute Gasteiger partial charge is 0.458 e. The van der Waals surface area contributed by atoms with E-state index in [9.17, 15) is 9.59 Å². The first-order valence-electron chi connectivity index (χ1n) is 17.2. The molecule has 16 heteroatoms. The smallest absolute Gasteiger partial charge is 0.408 e. The number of hydrogen-bond acceptors (Lipinski definition) is 14. The van der Waals surface area contributed by atoms with Gasteiger partial charge >= 0.3 is 12.1 Å². The van der Waals surface area contributed by atoms with E-state index in [1.54, 1.807) is 47.9 Å². The highest BCUT2D eigenvalue weighted by Crippen LogP contribution is 2.44.